The first-order valence-corrected chi connectivity index (χ1v) is 4.41. The van der Waals surface area contributed by atoms with Crippen LogP contribution in [0.2, 0.25) is 0 Å². The lowest BCUT2D eigenvalue weighted by molar-refractivity contribution is 0.478. The summed E-state index contributed by atoms with van der Waals surface area (Å²) in [4.78, 5) is 11.0. The van der Waals surface area contributed by atoms with Crippen molar-refractivity contribution >= 4 is 21.4 Å². The van der Waals surface area contributed by atoms with E-state index in [-0.39, 0.29) is 15.9 Å². The number of fused-ring (bicyclic) bond motifs is 1. The van der Waals surface area contributed by atoms with Crippen LogP contribution in [0.5, 0.6) is 5.75 Å². The lowest BCUT2D eigenvalue weighted by Gasteiger charge is -1.99. The first kappa shape index (κ1) is 8.19. The third kappa shape index (κ3) is 1.29. The van der Waals surface area contributed by atoms with E-state index in [4.69, 9.17) is 0 Å². The zero-order chi connectivity index (χ0) is 9.42. The number of halogens is 1. The van der Waals surface area contributed by atoms with Gasteiger partial charge in [-0.3, -0.25) is 4.79 Å². The molecule has 0 aliphatic heterocycles. The van der Waals surface area contributed by atoms with Crippen molar-refractivity contribution in [3.63, 3.8) is 0 Å². The Morgan fingerprint density at radius 2 is 2.15 bits per heavy atom. The van der Waals surface area contributed by atoms with Crippen LogP contribution in [-0.2, 0) is 0 Å². The van der Waals surface area contributed by atoms with Crippen molar-refractivity contribution in [2.45, 2.75) is 0 Å². The predicted octanol–water partition coefficient (Wildman–Crippen LogP) is 2.11. The predicted molar refractivity (Wildman–Crippen MR) is 49.7 cm³/mol. The van der Waals surface area contributed by atoms with Crippen LogP contribution in [-0.4, -0.2) is 5.11 Å². The van der Waals surface area contributed by atoms with Gasteiger partial charge in [0.25, 0.3) is 0 Å². The first-order valence-electron chi connectivity index (χ1n) is 3.60. The van der Waals surface area contributed by atoms with Crippen LogP contribution in [0, 0.1) is 5.82 Å². The van der Waals surface area contributed by atoms with E-state index >= 15 is 0 Å². The Morgan fingerprint density at radius 3 is 2.92 bits per heavy atom. The molecule has 0 aliphatic carbocycles. The third-order valence-electron chi connectivity index (χ3n) is 1.70. The van der Waals surface area contributed by atoms with E-state index in [1.54, 1.807) is 6.07 Å². The quantitative estimate of drug-likeness (QED) is 0.700. The van der Waals surface area contributed by atoms with E-state index < -0.39 is 5.82 Å². The molecule has 0 bridgehead atoms. The maximum Gasteiger partial charge on any atom is 0.236 e. The molecule has 13 heavy (non-hydrogen) atoms. The molecule has 0 amide bonds. The molecule has 1 aromatic heterocycles. The van der Waals surface area contributed by atoms with Crippen LogP contribution in [0.25, 0.3) is 10.1 Å². The standard InChI is InChI=1S/C9H5FO2S/c10-5-2-1-3-7-9(5)6(11)4-8(12)13-7/h1-4,11H. The van der Waals surface area contributed by atoms with E-state index in [2.05, 4.69) is 0 Å². The van der Waals surface area contributed by atoms with Gasteiger partial charge in [-0.1, -0.05) is 17.4 Å². The van der Waals surface area contributed by atoms with Crippen molar-refractivity contribution < 1.29 is 9.50 Å². The van der Waals surface area contributed by atoms with Gasteiger partial charge in [-0.2, -0.15) is 0 Å². The lowest BCUT2D eigenvalue weighted by atomic mass is 10.2. The zero-order valence-corrected chi connectivity index (χ0v) is 7.27. The van der Waals surface area contributed by atoms with Gasteiger partial charge in [0.1, 0.15) is 11.6 Å². The molecule has 0 aliphatic rings. The number of benzene rings is 1. The van der Waals surface area contributed by atoms with Crippen LogP contribution in [0.1, 0.15) is 0 Å². The monoisotopic (exact) mass is 196 g/mol. The van der Waals surface area contributed by atoms with Gasteiger partial charge in [-0.05, 0) is 12.1 Å². The fraction of sp³-hybridized carbons (Fsp3) is 0. The molecular formula is C9H5FO2S. The molecule has 66 valence electrons. The van der Waals surface area contributed by atoms with Crippen LogP contribution in [0.3, 0.4) is 0 Å². The Kier molecular flexibility index (Phi) is 1.77. The normalized spacial score (nSPS) is 10.5. The van der Waals surface area contributed by atoms with E-state index in [1.165, 1.54) is 12.1 Å². The molecule has 0 spiro atoms. The fourth-order valence-electron chi connectivity index (χ4n) is 1.16. The van der Waals surface area contributed by atoms with Crippen molar-refractivity contribution in [2.24, 2.45) is 0 Å². The molecular weight excluding hydrogens is 191 g/mol. The van der Waals surface area contributed by atoms with Gasteiger partial charge in [0.05, 0.1) is 5.39 Å². The second-order valence-electron chi connectivity index (χ2n) is 2.56. The largest absolute Gasteiger partial charge is 0.507 e. The summed E-state index contributed by atoms with van der Waals surface area (Å²) in [5.41, 5.74) is 0. The summed E-state index contributed by atoms with van der Waals surface area (Å²) in [6.07, 6.45) is 0. The molecule has 0 saturated heterocycles. The van der Waals surface area contributed by atoms with Crippen LogP contribution < -0.4 is 4.74 Å². The van der Waals surface area contributed by atoms with Crippen molar-refractivity contribution in [3.05, 3.63) is 39.6 Å². The summed E-state index contributed by atoms with van der Waals surface area (Å²) in [7, 11) is 0. The summed E-state index contributed by atoms with van der Waals surface area (Å²) in [6, 6.07) is 5.38. The molecule has 1 heterocycles. The average Bonchev–Trinajstić information content (AvgIpc) is 2.02. The first-order chi connectivity index (χ1) is 6.18. The number of hydrogen-bond acceptors (Lipinski definition) is 3. The Balaban J connectivity index is 3.03. The van der Waals surface area contributed by atoms with Gasteiger partial charge in [0, 0.05) is 10.8 Å². The minimum atomic E-state index is -0.508. The second kappa shape index (κ2) is 2.81. The van der Waals surface area contributed by atoms with Crippen molar-refractivity contribution in [3.8, 4) is 5.75 Å². The average molecular weight is 196 g/mol. The summed E-state index contributed by atoms with van der Waals surface area (Å²) < 4.78 is 13.3. The molecule has 1 N–H and O–H groups in total. The van der Waals surface area contributed by atoms with E-state index in [1.807, 2.05) is 0 Å². The van der Waals surface area contributed by atoms with Gasteiger partial charge < -0.3 is 5.11 Å². The third-order valence-corrected chi connectivity index (χ3v) is 2.58. The van der Waals surface area contributed by atoms with Crippen molar-refractivity contribution in [1.29, 1.82) is 0 Å². The smallest absolute Gasteiger partial charge is 0.236 e. The van der Waals surface area contributed by atoms with E-state index in [9.17, 15) is 14.3 Å². The Morgan fingerprint density at radius 1 is 1.38 bits per heavy atom. The van der Waals surface area contributed by atoms with Gasteiger partial charge in [0.2, 0.25) is 4.74 Å². The summed E-state index contributed by atoms with van der Waals surface area (Å²) in [6.45, 7) is 0. The van der Waals surface area contributed by atoms with E-state index in [0.717, 1.165) is 17.4 Å². The Hall–Kier alpha value is -1.42. The number of aromatic hydroxyl groups is 1. The highest BCUT2D eigenvalue weighted by Gasteiger charge is 2.06. The maximum atomic E-state index is 13.1. The molecule has 2 rings (SSSR count). The zero-order valence-electron chi connectivity index (χ0n) is 6.45. The molecule has 2 aromatic rings. The molecule has 0 radical (unpaired) electrons. The van der Waals surface area contributed by atoms with Gasteiger partial charge in [0.15, 0.2) is 0 Å². The van der Waals surface area contributed by atoms with E-state index in [0.29, 0.717) is 4.70 Å². The van der Waals surface area contributed by atoms with Gasteiger partial charge >= 0.3 is 0 Å². The molecule has 0 saturated carbocycles. The highest BCUT2D eigenvalue weighted by molar-refractivity contribution is 7.16. The second-order valence-corrected chi connectivity index (χ2v) is 3.61. The molecule has 0 fully saturated rings. The van der Waals surface area contributed by atoms with Gasteiger partial charge in [-0.15, -0.1) is 0 Å². The SMILES string of the molecule is O=c1cc(O)c2c(F)cccc2s1. The lowest BCUT2D eigenvalue weighted by Crippen LogP contribution is -1.91. The highest BCUT2D eigenvalue weighted by atomic mass is 32.1. The Bertz CT molecular complexity index is 518. The molecule has 1 aromatic carbocycles. The summed E-state index contributed by atoms with van der Waals surface area (Å²) >= 11 is 0.914. The highest BCUT2D eigenvalue weighted by Crippen LogP contribution is 2.27. The molecule has 0 atom stereocenters. The minimum Gasteiger partial charge on any atom is -0.507 e. The van der Waals surface area contributed by atoms with Gasteiger partial charge in [-0.25, -0.2) is 4.39 Å². The summed E-state index contributed by atoms with van der Waals surface area (Å²) in [5, 5.41) is 9.42. The Labute approximate surface area is 76.9 Å². The van der Waals surface area contributed by atoms with Crippen molar-refractivity contribution in [2.75, 3.05) is 0 Å². The molecule has 0 unspecified atom stereocenters. The van der Waals surface area contributed by atoms with Crippen LogP contribution >= 0.6 is 11.3 Å². The fourth-order valence-corrected chi connectivity index (χ4v) is 2.00. The van der Waals surface area contributed by atoms with Crippen molar-refractivity contribution in [1.82, 2.24) is 0 Å². The van der Waals surface area contributed by atoms with Crippen LogP contribution in [0.4, 0.5) is 4.39 Å². The minimum absolute atomic E-state index is 0.118. The summed E-state index contributed by atoms with van der Waals surface area (Å²) in [5.74, 6) is -0.803. The number of rotatable bonds is 0. The maximum absolute atomic E-state index is 13.1. The molecule has 4 heteroatoms. The van der Waals surface area contributed by atoms with Crippen LogP contribution in [0.15, 0.2) is 29.1 Å². The topological polar surface area (TPSA) is 37.3 Å². The number of hydrogen-bond donors (Lipinski definition) is 1. The molecule has 2 nitrogen and oxygen atoms in total.